The Bertz CT molecular complexity index is 579. The number of carbonyl (C=O) groups is 1. The predicted octanol–water partition coefficient (Wildman–Crippen LogP) is 3.72. The summed E-state index contributed by atoms with van der Waals surface area (Å²) in [4.78, 5) is 12.1. The van der Waals surface area contributed by atoms with E-state index in [1.807, 2.05) is 0 Å². The van der Waals surface area contributed by atoms with Crippen molar-refractivity contribution in [2.24, 2.45) is 0 Å². The summed E-state index contributed by atoms with van der Waals surface area (Å²) in [6.07, 6.45) is 0. The van der Waals surface area contributed by atoms with Crippen molar-refractivity contribution in [2.45, 2.75) is 0 Å². The van der Waals surface area contributed by atoms with Gasteiger partial charge in [-0.3, -0.25) is 4.79 Å². The monoisotopic (exact) mass is 264 g/mol. The summed E-state index contributed by atoms with van der Waals surface area (Å²) in [6.45, 7) is 0. The van der Waals surface area contributed by atoms with E-state index in [2.05, 4.69) is 0 Å². The van der Waals surface area contributed by atoms with Gasteiger partial charge in [0.15, 0.2) is 11.6 Å². The van der Waals surface area contributed by atoms with Crippen molar-refractivity contribution in [1.29, 1.82) is 0 Å². The molecule has 0 aliphatic carbocycles. The summed E-state index contributed by atoms with van der Waals surface area (Å²) in [6, 6.07) is 10.8. The topological polar surface area (TPSA) is 26.3 Å². The van der Waals surface area contributed by atoms with Crippen molar-refractivity contribution in [3.63, 3.8) is 0 Å². The Morgan fingerprint density at radius 3 is 2.44 bits per heavy atom. The molecule has 0 amide bonds. The molecule has 2 rings (SSSR count). The zero-order chi connectivity index (χ0) is 13.1. The summed E-state index contributed by atoms with van der Waals surface area (Å²) >= 11 is 5.65. The molecule has 0 aliphatic heterocycles. The van der Waals surface area contributed by atoms with E-state index in [4.69, 9.17) is 16.3 Å². The molecule has 0 aliphatic rings. The first kappa shape index (κ1) is 12.6. The first-order valence-corrected chi connectivity index (χ1v) is 5.64. The van der Waals surface area contributed by atoms with E-state index in [9.17, 15) is 9.18 Å². The van der Waals surface area contributed by atoms with Crippen LogP contribution in [0.25, 0.3) is 0 Å². The number of ether oxygens (including phenoxy) is 1. The average Bonchev–Trinajstić information content (AvgIpc) is 2.41. The lowest BCUT2D eigenvalue weighted by atomic mass is 10.0. The van der Waals surface area contributed by atoms with Crippen molar-refractivity contribution >= 4 is 17.4 Å². The van der Waals surface area contributed by atoms with E-state index < -0.39 is 11.6 Å². The Morgan fingerprint density at radius 1 is 1.17 bits per heavy atom. The van der Waals surface area contributed by atoms with Crippen molar-refractivity contribution < 1.29 is 13.9 Å². The highest BCUT2D eigenvalue weighted by Gasteiger charge is 2.15. The van der Waals surface area contributed by atoms with E-state index in [0.717, 1.165) is 0 Å². The molecule has 2 aromatic rings. The maximum Gasteiger partial charge on any atom is 0.196 e. The molecule has 0 saturated carbocycles. The molecular formula is C14H10ClFO2. The maximum atomic E-state index is 13.7. The molecule has 0 radical (unpaired) electrons. The number of carbonyl (C=O) groups excluding carboxylic acids is 1. The Balaban J connectivity index is 2.38. The number of rotatable bonds is 3. The van der Waals surface area contributed by atoms with Gasteiger partial charge in [0.2, 0.25) is 0 Å². The van der Waals surface area contributed by atoms with Gasteiger partial charge in [0.1, 0.15) is 5.75 Å². The van der Waals surface area contributed by atoms with Crippen LogP contribution in [0.5, 0.6) is 5.75 Å². The van der Waals surface area contributed by atoms with Crippen LogP contribution >= 0.6 is 11.6 Å². The molecule has 0 aromatic heterocycles. The van der Waals surface area contributed by atoms with Crippen LogP contribution in [-0.2, 0) is 0 Å². The van der Waals surface area contributed by atoms with Crippen LogP contribution in [0.1, 0.15) is 15.9 Å². The van der Waals surface area contributed by atoms with Crippen LogP contribution in [0.15, 0.2) is 42.5 Å². The Hall–Kier alpha value is -1.87. The van der Waals surface area contributed by atoms with Crippen LogP contribution in [0.3, 0.4) is 0 Å². The van der Waals surface area contributed by atoms with Gasteiger partial charge in [-0.15, -0.1) is 0 Å². The molecule has 0 spiro atoms. The highest BCUT2D eigenvalue weighted by atomic mass is 35.5. The van der Waals surface area contributed by atoms with Gasteiger partial charge < -0.3 is 4.74 Å². The number of methoxy groups -OCH3 is 1. The zero-order valence-corrected chi connectivity index (χ0v) is 10.4. The first-order valence-electron chi connectivity index (χ1n) is 5.26. The van der Waals surface area contributed by atoms with E-state index in [-0.39, 0.29) is 10.6 Å². The third kappa shape index (κ3) is 2.36. The van der Waals surface area contributed by atoms with E-state index >= 15 is 0 Å². The minimum atomic E-state index is -0.694. The molecule has 18 heavy (non-hydrogen) atoms. The van der Waals surface area contributed by atoms with Gasteiger partial charge in [0.25, 0.3) is 0 Å². The molecule has 0 unspecified atom stereocenters. The molecule has 0 atom stereocenters. The van der Waals surface area contributed by atoms with E-state index in [1.165, 1.54) is 19.2 Å². The first-order chi connectivity index (χ1) is 8.63. The quantitative estimate of drug-likeness (QED) is 0.790. The van der Waals surface area contributed by atoms with Crippen LogP contribution < -0.4 is 4.74 Å². The summed E-state index contributed by atoms with van der Waals surface area (Å²) in [5, 5.41) is -0.0608. The average molecular weight is 265 g/mol. The SMILES string of the molecule is COc1ccc(C(=O)c2cccc(Cl)c2F)cc1. The van der Waals surface area contributed by atoms with Gasteiger partial charge >= 0.3 is 0 Å². The summed E-state index contributed by atoms with van der Waals surface area (Å²) in [5.41, 5.74) is 0.352. The maximum absolute atomic E-state index is 13.7. The van der Waals surface area contributed by atoms with Gasteiger partial charge in [-0.2, -0.15) is 0 Å². The number of halogens is 2. The summed E-state index contributed by atoms with van der Waals surface area (Å²) < 4.78 is 18.7. The third-order valence-electron chi connectivity index (χ3n) is 2.55. The number of hydrogen-bond donors (Lipinski definition) is 0. The fraction of sp³-hybridized carbons (Fsp3) is 0.0714. The van der Waals surface area contributed by atoms with E-state index in [1.54, 1.807) is 30.3 Å². The van der Waals surface area contributed by atoms with Crippen LogP contribution in [0, 0.1) is 5.82 Å². The van der Waals surface area contributed by atoms with Gasteiger partial charge in [-0.25, -0.2) is 4.39 Å². The zero-order valence-electron chi connectivity index (χ0n) is 9.61. The predicted molar refractivity (Wildman–Crippen MR) is 67.8 cm³/mol. The molecule has 4 heteroatoms. The molecule has 0 bridgehead atoms. The fourth-order valence-electron chi connectivity index (χ4n) is 1.58. The highest BCUT2D eigenvalue weighted by molar-refractivity contribution is 6.31. The van der Waals surface area contributed by atoms with Crippen LogP contribution in [0.4, 0.5) is 4.39 Å². The van der Waals surface area contributed by atoms with Crippen molar-refractivity contribution in [3.05, 3.63) is 64.4 Å². The lowest BCUT2D eigenvalue weighted by molar-refractivity contribution is 0.103. The molecule has 0 fully saturated rings. The molecule has 0 heterocycles. The van der Waals surface area contributed by atoms with E-state index in [0.29, 0.717) is 11.3 Å². The second-order valence-electron chi connectivity index (χ2n) is 3.66. The lowest BCUT2D eigenvalue weighted by Crippen LogP contribution is -2.04. The molecular weight excluding hydrogens is 255 g/mol. The second kappa shape index (κ2) is 5.19. The number of benzene rings is 2. The molecule has 0 N–H and O–H groups in total. The number of hydrogen-bond acceptors (Lipinski definition) is 2. The Labute approximate surface area is 109 Å². The molecule has 0 saturated heterocycles. The molecule has 92 valence electrons. The van der Waals surface area contributed by atoms with Gasteiger partial charge in [0.05, 0.1) is 17.7 Å². The van der Waals surface area contributed by atoms with Gasteiger partial charge in [0, 0.05) is 5.56 Å². The molecule has 2 aromatic carbocycles. The fourth-order valence-corrected chi connectivity index (χ4v) is 1.75. The van der Waals surface area contributed by atoms with Gasteiger partial charge in [-0.1, -0.05) is 17.7 Å². The van der Waals surface area contributed by atoms with Crippen LogP contribution in [-0.4, -0.2) is 12.9 Å². The minimum absolute atomic E-state index is 0.0346. The standard InChI is InChI=1S/C14H10ClFO2/c1-18-10-7-5-9(6-8-10)14(17)11-3-2-4-12(15)13(11)16/h2-8H,1H3. The Kier molecular flexibility index (Phi) is 3.63. The van der Waals surface area contributed by atoms with Crippen molar-refractivity contribution in [2.75, 3.05) is 7.11 Å². The van der Waals surface area contributed by atoms with Crippen molar-refractivity contribution in [1.82, 2.24) is 0 Å². The van der Waals surface area contributed by atoms with Crippen molar-refractivity contribution in [3.8, 4) is 5.75 Å². The summed E-state index contributed by atoms with van der Waals surface area (Å²) in [7, 11) is 1.54. The normalized spacial score (nSPS) is 10.2. The number of ketones is 1. The van der Waals surface area contributed by atoms with Crippen LogP contribution in [0.2, 0.25) is 5.02 Å². The lowest BCUT2D eigenvalue weighted by Gasteiger charge is -2.05. The summed E-state index contributed by atoms with van der Waals surface area (Å²) in [5.74, 6) is -0.462. The molecule has 2 nitrogen and oxygen atoms in total. The van der Waals surface area contributed by atoms with Gasteiger partial charge in [-0.05, 0) is 36.4 Å². The second-order valence-corrected chi connectivity index (χ2v) is 4.07. The third-order valence-corrected chi connectivity index (χ3v) is 2.84. The smallest absolute Gasteiger partial charge is 0.196 e. The highest BCUT2D eigenvalue weighted by Crippen LogP contribution is 2.21. The largest absolute Gasteiger partial charge is 0.497 e. The Morgan fingerprint density at radius 2 is 1.83 bits per heavy atom. The minimum Gasteiger partial charge on any atom is -0.497 e.